The van der Waals surface area contributed by atoms with E-state index < -0.39 is 23.0 Å². The molecule has 0 unspecified atom stereocenters. The van der Waals surface area contributed by atoms with Gasteiger partial charge in [-0.15, -0.1) is 0 Å². The van der Waals surface area contributed by atoms with Gasteiger partial charge in [0.2, 0.25) is 5.91 Å². The lowest BCUT2D eigenvalue weighted by molar-refractivity contribution is -0.135. The normalized spacial score (nSPS) is 15.6. The van der Waals surface area contributed by atoms with Gasteiger partial charge in [0.15, 0.2) is 5.37 Å². The fourth-order valence-corrected chi connectivity index (χ4v) is 6.01. The van der Waals surface area contributed by atoms with Gasteiger partial charge in [-0.1, -0.05) is 72.4 Å². The number of nitrogens with zero attached hydrogens (tertiary/aromatic N) is 1. The van der Waals surface area contributed by atoms with Gasteiger partial charge in [0.25, 0.3) is 5.91 Å². The molecule has 0 aromatic heterocycles. The van der Waals surface area contributed by atoms with E-state index in [0.29, 0.717) is 25.3 Å². The topological polar surface area (TPSA) is 143 Å². The Morgan fingerprint density at radius 3 is 2.48 bits per heavy atom. The minimum absolute atomic E-state index is 0.145. The molecule has 1 aliphatic heterocycles. The number of β-amino-alcohol motifs (C(OH)–C–C–N with tert-alkyl or cyclic N) is 1. The van der Waals surface area contributed by atoms with Crippen LogP contribution in [0.25, 0.3) is 11.1 Å². The Labute approximate surface area is 262 Å². The molecule has 2 atom stereocenters. The Kier molecular flexibility index (Phi) is 11.4. The van der Waals surface area contributed by atoms with Gasteiger partial charge in [-0.3, -0.25) is 9.59 Å². The molecule has 0 saturated carbocycles. The summed E-state index contributed by atoms with van der Waals surface area (Å²) in [6.07, 6.45) is -0.391. The van der Waals surface area contributed by atoms with Crippen LogP contribution in [0.3, 0.4) is 0 Å². The number of amides is 4. The molecular weight excluding hydrogens is 578 g/mol. The average Bonchev–Trinajstić information content (AvgIpc) is 3.11. The van der Waals surface area contributed by atoms with Crippen LogP contribution in [0.1, 0.15) is 38.3 Å². The van der Waals surface area contributed by atoms with Crippen molar-refractivity contribution in [1.82, 2.24) is 20.9 Å². The molecule has 1 heterocycles. The summed E-state index contributed by atoms with van der Waals surface area (Å²) in [5.41, 5.74) is 3.74. The predicted molar refractivity (Wildman–Crippen MR) is 173 cm³/mol. The van der Waals surface area contributed by atoms with E-state index in [1.54, 1.807) is 11.8 Å². The number of carbonyl (C=O) groups excluding carboxylic acids is 3. The number of fused-ring (bicyclic) bond motifs is 1. The van der Waals surface area contributed by atoms with Gasteiger partial charge in [0.1, 0.15) is 0 Å². The van der Waals surface area contributed by atoms with Gasteiger partial charge >= 0.3 is 6.03 Å². The third-order valence-corrected chi connectivity index (χ3v) is 8.30. The van der Waals surface area contributed by atoms with E-state index in [9.17, 15) is 19.5 Å². The van der Waals surface area contributed by atoms with Gasteiger partial charge in [-0.2, -0.15) is 0 Å². The number of benzene rings is 3. The maximum absolute atomic E-state index is 13.8. The predicted octanol–water partition coefficient (Wildman–Crippen LogP) is 3.68. The summed E-state index contributed by atoms with van der Waals surface area (Å²) in [6.45, 7) is 6.60. The van der Waals surface area contributed by atoms with Gasteiger partial charge in [-0.05, 0) is 49.6 Å². The quantitative estimate of drug-likeness (QED) is 0.182. The lowest BCUT2D eigenvalue weighted by Gasteiger charge is -2.28. The number of hydrogen-bond acceptors (Lipinski definition) is 7. The number of thioether (sulfide) groups is 1. The summed E-state index contributed by atoms with van der Waals surface area (Å²) in [5.74, 6) is -0.429. The third-order valence-electron chi connectivity index (χ3n) is 7.10. The highest BCUT2D eigenvalue weighted by molar-refractivity contribution is 8.00. The summed E-state index contributed by atoms with van der Waals surface area (Å²) in [4.78, 5) is 41.8. The molecule has 44 heavy (non-hydrogen) atoms. The lowest BCUT2D eigenvalue weighted by atomic mass is 10.00. The Morgan fingerprint density at radius 2 is 1.75 bits per heavy atom. The standard InChI is InChI=1S/C33H41N5O5S/c1-22(40)19-35-33(2,3)18-29(41)37-30-31(42)38(21-25-8-4-7-11-28(25)44-30)20-23-12-14-24(15-13-23)26-9-5-6-10-27(26)36-32(43)34-16-17-39/h4-15,22,30,35,39-40H,16-21H2,1-3H3,(H,37,41)(H2,34,36,43)/t22-,30-/m1/s1. The summed E-state index contributed by atoms with van der Waals surface area (Å²) in [6, 6.07) is 22.7. The van der Waals surface area contributed by atoms with Crippen LogP contribution in [0.4, 0.5) is 10.5 Å². The first-order chi connectivity index (χ1) is 21.0. The highest BCUT2D eigenvalue weighted by Crippen LogP contribution is 2.33. The number of aliphatic hydroxyl groups excluding tert-OH is 2. The number of nitrogens with one attached hydrogen (secondary N) is 4. The molecule has 0 aliphatic carbocycles. The molecule has 0 bridgehead atoms. The number of carbonyl (C=O) groups is 3. The molecule has 3 aromatic carbocycles. The molecular formula is C33H41N5O5S. The first-order valence-electron chi connectivity index (χ1n) is 14.6. The average molecular weight is 620 g/mol. The van der Waals surface area contributed by atoms with Crippen molar-refractivity contribution in [1.29, 1.82) is 0 Å². The van der Waals surface area contributed by atoms with E-state index in [2.05, 4.69) is 21.3 Å². The first kappa shape index (κ1) is 33.0. The minimum Gasteiger partial charge on any atom is -0.395 e. The number of para-hydroxylation sites is 1. The van der Waals surface area contributed by atoms with Crippen LogP contribution in [0.5, 0.6) is 0 Å². The van der Waals surface area contributed by atoms with E-state index in [-0.39, 0.29) is 31.4 Å². The molecule has 0 radical (unpaired) electrons. The van der Waals surface area contributed by atoms with Crippen molar-refractivity contribution in [2.75, 3.05) is 25.0 Å². The zero-order valence-corrected chi connectivity index (χ0v) is 26.1. The number of urea groups is 1. The molecule has 234 valence electrons. The van der Waals surface area contributed by atoms with Crippen LogP contribution < -0.4 is 21.3 Å². The van der Waals surface area contributed by atoms with E-state index in [0.717, 1.165) is 27.1 Å². The van der Waals surface area contributed by atoms with E-state index in [1.165, 1.54) is 11.8 Å². The lowest BCUT2D eigenvalue weighted by Crippen LogP contribution is -2.50. The second-order valence-corrected chi connectivity index (χ2v) is 12.7. The molecule has 11 heteroatoms. The smallest absolute Gasteiger partial charge is 0.319 e. The van der Waals surface area contributed by atoms with E-state index in [1.807, 2.05) is 86.6 Å². The zero-order valence-electron chi connectivity index (χ0n) is 25.3. The molecule has 0 spiro atoms. The Bertz CT molecular complexity index is 1450. The van der Waals surface area contributed by atoms with Crippen LogP contribution in [-0.4, -0.2) is 69.7 Å². The number of rotatable bonds is 12. The van der Waals surface area contributed by atoms with Crippen molar-refractivity contribution in [3.63, 3.8) is 0 Å². The second kappa shape index (κ2) is 15.2. The molecule has 1 aliphatic rings. The first-order valence-corrected chi connectivity index (χ1v) is 15.5. The van der Waals surface area contributed by atoms with Gasteiger partial charge < -0.3 is 36.4 Å². The van der Waals surface area contributed by atoms with Crippen molar-refractivity contribution < 1.29 is 24.6 Å². The van der Waals surface area contributed by atoms with Crippen molar-refractivity contribution in [3.05, 3.63) is 83.9 Å². The van der Waals surface area contributed by atoms with E-state index in [4.69, 9.17) is 5.11 Å². The van der Waals surface area contributed by atoms with Crippen LogP contribution in [0, 0.1) is 0 Å². The summed E-state index contributed by atoms with van der Waals surface area (Å²) in [5, 5.41) is 29.4. The maximum atomic E-state index is 13.8. The summed E-state index contributed by atoms with van der Waals surface area (Å²) >= 11 is 1.35. The Morgan fingerprint density at radius 1 is 1.05 bits per heavy atom. The van der Waals surface area contributed by atoms with Crippen LogP contribution in [0.2, 0.25) is 0 Å². The van der Waals surface area contributed by atoms with E-state index >= 15 is 0 Å². The van der Waals surface area contributed by atoms with Crippen LogP contribution in [0.15, 0.2) is 77.7 Å². The largest absolute Gasteiger partial charge is 0.395 e. The summed E-state index contributed by atoms with van der Waals surface area (Å²) < 4.78 is 0. The van der Waals surface area contributed by atoms with Crippen molar-refractivity contribution in [2.24, 2.45) is 0 Å². The molecule has 4 rings (SSSR count). The van der Waals surface area contributed by atoms with Crippen molar-refractivity contribution in [2.45, 2.75) is 62.2 Å². The highest BCUT2D eigenvalue weighted by Gasteiger charge is 2.33. The van der Waals surface area contributed by atoms with Gasteiger partial charge in [0, 0.05) is 48.6 Å². The summed E-state index contributed by atoms with van der Waals surface area (Å²) in [7, 11) is 0. The fraction of sp³-hybridized carbons (Fsp3) is 0.364. The Balaban J connectivity index is 1.49. The zero-order chi connectivity index (χ0) is 31.7. The molecule has 0 fully saturated rings. The molecule has 10 nitrogen and oxygen atoms in total. The fourth-order valence-electron chi connectivity index (χ4n) is 4.88. The molecule has 6 N–H and O–H groups in total. The maximum Gasteiger partial charge on any atom is 0.319 e. The van der Waals surface area contributed by atoms with Crippen LogP contribution >= 0.6 is 11.8 Å². The van der Waals surface area contributed by atoms with Crippen molar-refractivity contribution in [3.8, 4) is 11.1 Å². The number of aliphatic hydroxyl groups is 2. The highest BCUT2D eigenvalue weighted by atomic mass is 32.2. The Hall–Kier alpha value is -3.90. The molecule has 0 saturated heterocycles. The van der Waals surface area contributed by atoms with Gasteiger partial charge in [0.05, 0.1) is 18.4 Å². The second-order valence-electron chi connectivity index (χ2n) is 11.5. The van der Waals surface area contributed by atoms with Crippen LogP contribution in [-0.2, 0) is 22.7 Å². The molecule has 4 amide bonds. The van der Waals surface area contributed by atoms with Crippen molar-refractivity contribution >= 4 is 35.3 Å². The minimum atomic E-state index is -0.784. The monoisotopic (exact) mass is 619 g/mol. The SMILES string of the molecule is C[C@@H](O)CNC(C)(C)CC(=O)N[C@@H]1Sc2ccccc2CN(Cc2ccc(-c3ccccc3NC(=O)NCCO)cc2)C1=O. The third kappa shape index (κ3) is 9.30. The van der Waals surface area contributed by atoms with Gasteiger partial charge in [-0.25, -0.2) is 4.79 Å². The number of hydrogen-bond donors (Lipinski definition) is 6. The number of anilines is 1. The molecule has 3 aromatic rings.